The van der Waals surface area contributed by atoms with Gasteiger partial charge in [-0.1, -0.05) is 11.2 Å². The number of carboxylic acids is 1. The smallest absolute Gasteiger partial charge is 0.431 e. The molecule has 0 fully saturated rings. The van der Waals surface area contributed by atoms with Gasteiger partial charge >= 0.3 is 17.8 Å². The molecule has 1 atom stereocenters. The van der Waals surface area contributed by atoms with Crippen LogP contribution in [0.3, 0.4) is 0 Å². The lowest BCUT2D eigenvalue weighted by molar-refractivity contribution is -0.144. The number of aromatic nitrogens is 3. The van der Waals surface area contributed by atoms with E-state index in [2.05, 4.69) is 5.16 Å². The summed E-state index contributed by atoms with van der Waals surface area (Å²) < 4.78 is 65.5. The molecule has 2 aromatic carbocycles. The Labute approximate surface area is 198 Å². The van der Waals surface area contributed by atoms with Crippen LogP contribution in [0.25, 0.3) is 27.9 Å². The van der Waals surface area contributed by atoms with Gasteiger partial charge in [-0.25, -0.2) is 18.5 Å². The molecule has 0 spiro atoms. The third kappa shape index (κ3) is 4.23. The fourth-order valence-electron chi connectivity index (χ4n) is 3.62. The van der Waals surface area contributed by atoms with Crippen molar-refractivity contribution in [3.05, 3.63) is 74.3 Å². The maximum Gasteiger partial charge on any atom is 0.431 e. The van der Waals surface area contributed by atoms with Crippen molar-refractivity contribution in [1.29, 1.82) is 0 Å². The zero-order chi connectivity index (χ0) is 26.5. The number of rotatable bonds is 5. The first kappa shape index (κ1) is 24.7. The Morgan fingerprint density at radius 3 is 2.50 bits per heavy atom. The highest BCUT2D eigenvalue weighted by atomic mass is 19.4. The topological polar surface area (TPSA) is 117 Å². The van der Waals surface area contributed by atoms with E-state index >= 15 is 0 Å². The normalized spacial score (nSPS) is 12.6. The first-order valence-corrected chi connectivity index (χ1v) is 10.3. The summed E-state index contributed by atoms with van der Waals surface area (Å²) in [6.45, 7) is 3.05. The van der Waals surface area contributed by atoms with Gasteiger partial charge in [0.25, 0.3) is 5.56 Å². The van der Waals surface area contributed by atoms with Gasteiger partial charge in [0, 0.05) is 24.7 Å². The van der Waals surface area contributed by atoms with Crippen LogP contribution in [-0.2, 0) is 18.0 Å². The van der Waals surface area contributed by atoms with E-state index in [1.807, 2.05) is 0 Å². The molecule has 0 saturated heterocycles. The third-order valence-electron chi connectivity index (χ3n) is 5.52. The van der Waals surface area contributed by atoms with E-state index in [1.165, 1.54) is 19.1 Å². The van der Waals surface area contributed by atoms with Gasteiger partial charge in [-0.15, -0.1) is 0 Å². The number of alkyl halides is 3. The number of hydrogen-bond acceptors (Lipinski definition) is 6. The lowest BCUT2D eigenvalue weighted by Crippen LogP contribution is -2.41. The maximum atomic E-state index is 14.9. The summed E-state index contributed by atoms with van der Waals surface area (Å²) in [7, 11) is 0.815. The van der Waals surface area contributed by atoms with Gasteiger partial charge in [0.15, 0.2) is 17.5 Å². The monoisotopic (exact) mass is 507 g/mol. The molecule has 0 amide bonds. The molecule has 188 valence electrons. The highest BCUT2D eigenvalue weighted by Crippen LogP contribution is 2.34. The van der Waals surface area contributed by atoms with E-state index < -0.39 is 46.7 Å². The molecule has 0 aliphatic carbocycles. The Balaban J connectivity index is 1.92. The number of aliphatic carboxylic acids is 1. The molecule has 0 aliphatic rings. The van der Waals surface area contributed by atoms with E-state index in [9.17, 15) is 31.9 Å². The van der Waals surface area contributed by atoms with E-state index in [0.717, 1.165) is 19.2 Å². The van der Waals surface area contributed by atoms with Gasteiger partial charge in [-0.3, -0.25) is 9.36 Å². The number of carboxylic acid groups (broad SMARTS) is 1. The van der Waals surface area contributed by atoms with Crippen molar-refractivity contribution in [3.8, 4) is 22.7 Å². The summed E-state index contributed by atoms with van der Waals surface area (Å²) in [5.41, 5.74) is -3.72. The number of carbonyl (C=O) groups is 1. The number of benzene rings is 2. The Kier molecular flexibility index (Phi) is 5.94. The summed E-state index contributed by atoms with van der Waals surface area (Å²) in [6.07, 6.45) is -6.13. The van der Waals surface area contributed by atoms with Crippen molar-refractivity contribution >= 4 is 16.9 Å². The minimum absolute atomic E-state index is 0.0624. The summed E-state index contributed by atoms with van der Waals surface area (Å²) in [6, 6.07) is 6.77. The van der Waals surface area contributed by atoms with Crippen LogP contribution >= 0.6 is 0 Å². The van der Waals surface area contributed by atoms with Gasteiger partial charge in [-0.2, -0.15) is 13.2 Å². The summed E-state index contributed by atoms with van der Waals surface area (Å²) in [5.74, 6) is -2.10. The molecule has 9 nitrogen and oxygen atoms in total. The first-order chi connectivity index (χ1) is 16.8. The summed E-state index contributed by atoms with van der Waals surface area (Å²) in [4.78, 5) is 36.2. The molecule has 2 aromatic heterocycles. The van der Waals surface area contributed by atoms with Crippen molar-refractivity contribution in [1.82, 2.24) is 14.3 Å². The molecule has 0 bridgehead atoms. The summed E-state index contributed by atoms with van der Waals surface area (Å²) >= 11 is 0. The van der Waals surface area contributed by atoms with E-state index in [4.69, 9.17) is 14.4 Å². The number of halogens is 4. The Bertz CT molecular complexity index is 1630. The number of fused-ring (bicyclic) bond motifs is 1. The molecule has 0 aliphatic heterocycles. The molecule has 4 aromatic rings. The molecule has 13 heteroatoms. The third-order valence-corrected chi connectivity index (χ3v) is 5.52. The fraction of sp³-hybridized carbons (Fsp3) is 0.217. The molecular weight excluding hydrogens is 490 g/mol. The van der Waals surface area contributed by atoms with E-state index in [0.29, 0.717) is 11.1 Å². The van der Waals surface area contributed by atoms with Crippen LogP contribution in [0.2, 0.25) is 0 Å². The predicted octanol–water partition coefficient (Wildman–Crippen LogP) is 3.66. The molecular formula is C23H17F4N3O6. The van der Waals surface area contributed by atoms with Crippen molar-refractivity contribution in [3.63, 3.8) is 0 Å². The minimum atomic E-state index is -4.97. The number of nitrogens with zero attached hydrogens (tertiary/aromatic N) is 3. The second kappa shape index (κ2) is 8.66. The van der Waals surface area contributed by atoms with Crippen LogP contribution in [0.5, 0.6) is 5.75 Å². The summed E-state index contributed by atoms with van der Waals surface area (Å²) in [5, 5.41) is 13.2. The zero-order valence-corrected chi connectivity index (χ0v) is 18.9. The molecule has 1 N–H and O–H groups in total. The second-order valence-corrected chi connectivity index (χ2v) is 7.95. The lowest BCUT2D eigenvalue weighted by atomic mass is 10.0. The quantitative estimate of drug-likeness (QED) is 0.410. The molecule has 0 radical (unpaired) electrons. The Morgan fingerprint density at radius 2 is 1.86 bits per heavy atom. The maximum absolute atomic E-state index is 14.9. The molecule has 4 rings (SSSR count). The van der Waals surface area contributed by atoms with Gasteiger partial charge < -0.3 is 14.4 Å². The van der Waals surface area contributed by atoms with Gasteiger partial charge in [-0.05, 0) is 37.6 Å². The average Bonchev–Trinajstić information content (AvgIpc) is 3.19. The standard InChI is InChI=1S/C23H17F4N3O6/c1-10-4-5-12(35-11(2)21(32)33)6-13(10)20-14-7-16(15(24)8-17(14)36-28-20)30-19(31)9-18(23(25,26)27)29(3)22(30)34/h4-9,11H,1-3H3,(H,32,33). The molecule has 1 unspecified atom stereocenters. The van der Waals surface area contributed by atoms with Crippen molar-refractivity contribution < 1.29 is 36.7 Å². The number of aryl methyl sites for hydroxylation is 1. The minimum Gasteiger partial charge on any atom is -0.479 e. The van der Waals surface area contributed by atoms with Crippen LogP contribution in [0.15, 0.2) is 50.5 Å². The average molecular weight is 507 g/mol. The van der Waals surface area contributed by atoms with E-state index in [1.54, 1.807) is 13.0 Å². The second-order valence-electron chi connectivity index (χ2n) is 7.95. The van der Waals surface area contributed by atoms with Gasteiger partial charge in [0.1, 0.15) is 17.1 Å². The van der Waals surface area contributed by atoms with Gasteiger partial charge in [0.2, 0.25) is 0 Å². The van der Waals surface area contributed by atoms with E-state index in [-0.39, 0.29) is 37.6 Å². The van der Waals surface area contributed by atoms with Crippen LogP contribution in [0, 0.1) is 12.7 Å². The molecule has 0 saturated carbocycles. The molecule has 36 heavy (non-hydrogen) atoms. The number of hydrogen-bond donors (Lipinski definition) is 1. The Hall–Kier alpha value is -4.42. The van der Waals surface area contributed by atoms with Crippen molar-refractivity contribution in [2.75, 3.05) is 0 Å². The molecule has 2 heterocycles. The zero-order valence-electron chi connectivity index (χ0n) is 18.9. The van der Waals surface area contributed by atoms with Crippen LogP contribution < -0.4 is 16.0 Å². The fourth-order valence-corrected chi connectivity index (χ4v) is 3.62. The first-order valence-electron chi connectivity index (χ1n) is 10.3. The van der Waals surface area contributed by atoms with Gasteiger partial charge in [0.05, 0.1) is 11.1 Å². The number of ether oxygens (including phenoxy) is 1. The van der Waals surface area contributed by atoms with Crippen LogP contribution in [0.1, 0.15) is 18.2 Å². The highest BCUT2D eigenvalue weighted by Gasteiger charge is 2.35. The van der Waals surface area contributed by atoms with Crippen LogP contribution in [-0.4, -0.2) is 31.5 Å². The SMILES string of the molecule is Cc1ccc(OC(C)C(=O)O)cc1-c1noc2cc(F)c(-n3c(=O)cc(C(F)(F)F)n(C)c3=O)cc12. The van der Waals surface area contributed by atoms with Crippen molar-refractivity contribution in [2.45, 2.75) is 26.1 Å². The van der Waals surface area contributed by atoms with Crippen molar-refractivity contribution in [2.24, 2.45) is 7.05 Å². The predicted molar refractivity (Wildman–Crippen MR) is 118 cm³/mol. The lowest BCUT2D eigenvalue weighted by Gasteiger charge is -2.14. The Morgan fingerprint density at radius 1 is 1.17 bits per heavy atom. The van der Waals surface area contributed by atoms with Crippen LogP contribution in [0.4, 0.5) is 17.6 Å². The largest absolute Gasteiger partial charge is 0.479 e. The highest BCUT2D eigenvalue weighted by molar-refractivity contribution is 5.94.